The number of imidazole rings is 1. The van der Waals surface area contributed by atoms with Crippen LogP contribution >= 0.6 is 11.6 Å². The summed E-state index contributed by atoms with van der Waals surface area (Å²) < 4.78 is 7.00. The summed E-state index contributed by atoms with van der Waals surface area (Å²) in [5.74, 6) is -0.201. The molecule has 1 aliphatic rings. The van der Waals surface area contributed by atoms with Gasteiger partial charge in [-0.15, -0.1) is 0 Å². The third-order valence-electron chi connectivity index (χ3n) is 3.09. The van der Waals surface area contributed by atoms with E-state index in [-0.39, 0.29) is 29.2 Å². The highest BCUT2D eigenvalue weighted by Crippen LogP contribution is 2.29. The predicted octanol–water partition coefficient (Wildman–Crippen LogP) is 1.49. The number of nitrogens with two attached hydrogens (primary N) is 1. The summed E-state index contributed by atoms with van der Waals surface area (Å²) in [6.45, 7) is 1.39. The molecule has 0 radical (unpaired) electrons. The van der Waals surface area contributed by atoms with Gasteiger partial charge in [0.25, 0.3) is 0 Å². The van der Waals surface area contributed by atoms with E-state index < -0.39 is 0 Å². The molecule has 0 aromatic carbocycles. The Labute approximate surface area is 119 Å². The Morgan fingerprint density at radius 3 is 3.05 bits per heavy atom. The van der Waals surface area contributed by atoms with Gasteiger partial charge in [-0.05, 0) is 6.08 Å². The quantitative estimate of drug-likeness (QED) is 0.512. The minimum Gasteiger partial charge on any atom is -0.458 e. The van der Waals surface area contributed by atoms with Crippen molar-refractivity contribution >= 4 is 34.7 Å². The van der Waals surface area contributed by atoms with Crippen molar-refractivity contribution in [2.24, 2.45) is 0 Å². The number of allylic oxidation sites excluding steroid dienone is 1. The van der Waals surface area contributed by atoms with E-state index in [2.05, 4.69) is 15.0 Å². The molecule has 2 heterocycles. The van der Waals surface area contributed by atoms with Crippen molar-refractivity contribution in [1.29, 1.82) is 0 Å². The van der Waals surface area contributed by atoms with Gasteiger partial charge in [0, 0.05) is 13.3 Å². The molecule has 0 spiro atoms. The second kappa shape index (κ2) is 4.75. The first-order valence-electron chi connectivity index (χ1n) is 6.05. The highest BCUT2D eigenvalue weighted by atomic mass is 35.5. The Hall–Kier alpha value is -2.15. The van der Waals surface area contributed by atoms with Crippen molar-refractivity contribution in [3.8, 4) is 0 Å². The van der Waals surface area contributed by atoms with E-state index in [0.29, 0.717) is 17.6 Å². The zero-order valence-corrected chi connectivity index (χ0v) is 11.4. The Kier molecular flexibility index (Phi) is 3.06. The van der Waals surface area contributed by atoms with Gasteiger partial charge in [-0.3, -0.25) is 4.79 Å². The Morgan fingerprint density at radius 1 is 1.50 bits per heavy atom. The molecule has 2 atom stereocenters. The molecule has 0 saturated heterocycles. The second-order valence-electron chi connectivity index (χ2n) is 4.53. The SMILES string of the molecule is CC(=O)O[C@@H]1C=C[C@H](n2cnc3c(Cl)nc(N)nc32)C1. The zero-order chi connectivity index (χ0) is 14.3. The Balaban J connectivity index is 1.93. The van der Waals surface area contributed by atoms with E-state index in [1.54, 1.807) is 6.33 Å². The molecule has 20 heavy (non-hydrogen) atoms. The number of carbonyl (C=O) groups excluding carboxylic acids is 1. The summed E-state index contributed by atoms with van der Waals surface area (Å²) in [4.78, 5) is 23.2. The van der Waals surface area contributed by atoms with Gasteiger partial charge < -0.3 is 15.0 Å². The molecule has 3 rings (SSSR count). The molecule has 2 aromatic rings. The molecule has 0 saturated carbocycles. The molecule has 0 aliphatic heterocycles. The van der Waals surface area contributed by atoms with Crippen LogP contribution in [-0.4, -0.2) is 31.6 Å². The predicted molar refractivity (Wildman–Crippen MR) is 73.1 cm³/mol. The number of rotatable bonds is 2. The molecule has 0 amide bonds. The fourth-order valence-electron chi connectivity index (χ4n) is 2.29. The first-order valence-corrected chi connectivity index (χ1v) is 6.43. The Morgan fingerprint density at radius 2 is 2.30 bits per heavy atom. The first-order chi connectivity index (χ1) is 9.54. The number of aromatic nitrogens is 4. The van der Waals surface area contributed by atoms with Crippen LogP contribution in [0.1, 0.15) is 19.4 Å². The lowest BCUT2D eigenvalue weighted by atomic mass is 10.2. The summed E-state index contributed by atoms with van der Waals surface area (Å²) in [7, 11) is 0. The van der Waals surface area contributed by atoms with Gasteiger partial charge in [0.2, 0.25) is 5.95 Å². The van der Waals surface area contributed by atoms with E-state index in [1.165, 1.54) is 6.92 Å². The van der Waals surface area contributed by atoms with Crippen LogP contribution in [0.2, 0.25) is 5.15 Å². The van der Waals surface area contributed by atoms with Gasteiger partial charge in [-0.2, -0.15) is 9.97 Å². The van der Waals surface area contributed by atoms with E-state index in [9.17, 15) is 4.79 Å². The second-order valence-corrected chi connectivity index (χ2v) is 4.89. The fraction of sp³-hybridized carbons (Fsp3) is 0.333. The highest BCUT2D eigenvalue weighted by molar-refractivity contribution is 6.33. The van der Waals surface area contributed by atoms with Crippen LogP contribution < -0.4 is 5.73 Å². The third kappa shape index (κ3) is 2.20. The van der Waals surface area contributed by atoms with E-state index in [0.717, 1.165) is 0 Å². The molecule has 7 nitrogen and oxygen atoms in total. The van der Waals surface area contributed by atoms with Crippen molar-refractivity contribution < 1.29 is 9.53 Å². The van der Waals surface area contributed by atoms with E-state index in [1.807, 2.05) is 16.7 Å². The maximum atomic E-state index is 11.0. The lowest BCUT2D eigenvalue weighted by molar-refractivity contribution is -0.144. The molecule has 104 valence electrons. The minimum absolute atomic E-state index is 0.00489. The van der Waals surface area contributed by atoms with Crippen LogP contribution in [0, 0.1) is 0 Å². The summed E-state index contributed by atoms with van der Waals surface area (Å²) in [5, 5.41) is 0.227. The van der Waals surface area contributed by atoms with Crippen molar-refractivity contribution in [2.75, 3.05) is 5.73 Å². The van der Waals surface area contributed by atoms with Crippen LogP contribution in [0.4, 0.5) is 5.95 Å². The number of halogens is 1. The number of hydrogen-bond donors (Lipinski definition) is 1. The molecule has 0 fully saturated rings. The average Bonchev–Trinajstić information content (AvgIpc) is 2.94. The number of carbonyl (C=O) groups is 1. The number of hydrogen-bond acceptors (Lipinski definition) is 6. The van der Waals surface area contributed by atoms with Crippen LogP contribution in [0.15, 0.2) is 18.5 Å². The molecule has 2 N–H and O–H groups in total. The first kappa shape index (κ1) is 12.9. The van der Waals surface area contributed by atoms with Crippen LogP contribution in [-0.2, 0) is 9.53 Å². The van der Waals surface area contributed by atoms with Crippen molar-refractivity contribution in [3.05, 3.63) is 23.6 Å². The van der Waals surface area contributed by atoms with Crippen molar-refractivity contribution in [1.82, 2.24) is 19.5 Å². The highest BCUT2D eigenvalue weighted by Gasteiger charge is 2.24. The van der Waals surface area contributed by atoms with Gasteiger partial charge >= 0.3 is 5.97 Å². The standard InChI is InChI=1S/C12H12ClN5O2/c1-6(19)20-8-3-2-7(4-8)18-5-15-9-10(13)16-12(14)17-11(9)18/h2-3,5,7-8H,4H2,1H3,(H2,14,16,17)/t7-,8+/m0/s1. The largest absolute Gasteiger partial charge is 0.458 e. The van der Waals surface area contributed by atoms with Gasteiger partial charge in [0.15, 0.2) is 10.8 Å². The minimum atomic E-state index is -0.301. The van der Waals surface area contributed by atoms with Gasteiger partial charge in [0.05, 0.1) is 12.4 Å². The van der Waals surface area contributed by atoms with Gasteiger partial charge in [-0.25, -0.2) is 4.98 Å². The maximum absolute atomic E-state index is 11.0. The van der Waals surface area contributed by atoms with E-state index >= 15 is 0 Å². The molecular formula is C12H12ClN5O2. The number of anilines is 1. The number of fused-ring (bicyclic) bond motifs is 1. The summed E-state index contributed by atoms with van der Waals surface area (Å²) in [5.41, 5.74) is 6.68. The number of nitrogens with zero attached hydrogens (tertiary/aromatic N) is 4. The van der Waals surface area contributed by atoms with Gasteiger partial charge in [-0.1, -0.05) is 17.7 Å². The van der Waals surface area contributed by atoms with E-state index in [4.69, 9.17) is 22.1 Å². The summed E-state index contributed by atoms with van der Waals surface area (Å²) in [6, 6.07) is -0.00489. The van der Waals surface area contributed by atoms with Crippen molar-refractivity contribution in [3.63, 3.8) is 0 Å². The maximum Gasteiger partial charge on any atom is 0.303 e. The summed E-state index contributed by atoms with van der Waals surface area (Å²) >= 11 is 5.99. The van der Waals surface area contributed by atoms with Crippen LogP contribution in [0.25, 0.3) is 11.2 Å². The Bertz CT molecular complexity index is 711. The van der Waals surface area contributed by atoms with Crippen LogP contribution in [0.3, 0.4) is 0 Å². The summed E-state index contributed by atoms with van der Waals surface area (Å²) in [6.07, 6.45) is 5.83. The van der Waals surface area contributed by atoms with Gasteiger partial charge in [0.1, 0.15) is 11.6 Å². The number of ether oxygens (including phenoxy) is 1. The smallest absolute Gasteiger partial charge is 0.303 e. The van der Waals surface area contributed by atoms with Crippen LogP contribution in [0.5, 0.6) is 0 Å². The number of nitrogen functional groups attached to an aromatic ring is 1. The number of esters is 1. The lowest BCUT2D eigenvalue weighted by Gasteiger charge is -2.13. The molecule has 0 unspecified atom stereocenters. The normalized spacial score (nSPS) is 21.5. The lowest BCUT2D eigenvalue weighted by Crippen LogP contribution is -2.14. The zero-order valence-electron chi connectivity index (χ0n) is 10.7. The molecule has 2 aromatic heterocycles. The molecule has 1 aliphatic carbocycles. The topological polar surface area (TPSA) is 95.9 Å². The fourth-order valence-corrected chi connectivity index (χ4v) is 2.51. The molecular weight excluding hydrogens is 282 g/mol. The average molecular weight is 294 g/mol. The monoisotopic (exact) mass is 293 g/mol. The molecule has 0 bridgehead atoms. The molecule has 8 heteroatoms. The third-order valence-corrected chi connectivity index (χ3v) is 3.36. The van der Waals surface area contributed by atoms with Crippen molar-refractivity contribution in [2.45, 2.75) is 25.5 Å².